The number of aromatic nitrogens is 2. The molecule has 212 valence electrons. The SMILES string of the molecule is CCN1CCC(Oc2ccc(C(=O)NC3CCC4(CC3)CC4NC(=O)Nc3cc(C(C)(C)C)on3)nc2)CC1. The van der Waals surface area contributed by atoms with Gasteiger partial charge >= 0.3 is 6.03 Å². The molecule has 5 rings (SSSR count). The Morgan fingerprint density at radius 2 is 1.87 bits per heavy atom. The van der Waals surface area contributed by atoms with Gasteiger partial charge in [-0.3, -0.25) is 10.1 Å². The second-order valence-electron chi connectivity index (χ2n) is 12.4. The van der Waals surface area contributed by atoms with Crippen LogP contribution in [0.4, 0.5) is 10.6 Å². The highest BCUT2D eigenvalue weighted by Gasteiger charge is 2.55. The van der Waals surface area contributed by atoms with Crippen LogP contribution in [0.1, 0.15) is 88.9 Å². The van der Waals surface area contributed by atoms with E-state index in [9.17, 15) is 9.59 Å². The van der Waals surface area contributed by atoms with Crippen LogP contribution in [-0.4, -0.2) is 64.8 Å². The summed E-state index contributed by atoms with van der Waals surface area (Å²) in [4.78, 5) is 32.1. The minimum Gasteiger partial charge on any atom is -0.489 e. The Kier molecular flexibility index (Phi) is 7.84. The second kappa shape index (κ2) is 11.2. The van der Waals surface area contributed by atoms with Gasteiger partial charge in [0.15, 0.2) is 5.82 Å². The molecule has 0 bridgehead atoms. The van der Waals surface area contributed by atoms with Crippen LogP contribution in [0.2, 0.25) is 0 Å². The van der Waals surface area contributed by atoms with Crippen molar-refractivity contribution in [1.29, 1.82) is 0 Å². The third kappa shape index (κ3) is 6.72. The number of amides is 3. The number of urea groups is 1. The average molecular weight is 539 g/mol. The fourth-order valence-corrected chi connectivity index (χ4v) is 5.82. The topological polar surface area (TPSA) is 122 Å². The number of rotatable bonds is 7. The summed E-state index contributed by atoms with van der Waals surface area (Å²) in [6.07, 6.45) is 8.58. The first kappa shape index (κ1) is 27.4. The molecule has 1 unspecified atom stereocenters. The van der Waals surface area contributed by atoms with Gasteiger partial charge < -0.3 is 24.8 Å². The average Bonchev–Trinajstić information content (AvgIpc) is 3.32. The first-order valence-electron chi connectivity index (χ1n) is 14.3. The van der Waals surface area contributed by atoms with Crippen LogP contribution in [0.3, 0.4) is 0 Å². The van der Waals surface area contributed by atoms with E-state index in [0.717, 1.165) is 76.1 Å². The van der Waals surface area contributed by atoms with E-state index >= 15 is 0 Å². The van der Waals surface area contributed by atoms with Crippen LogP contribution < -0.4 is 20.7 Å². The third-order valence-corrected chi connectivity index (χ3v) is 8.56. The number of carbonyl (C=O) groups is 2. The summed E-state index contributed by atoms with van der Waals surface area (Å²) in [5.74, 6) is 1.72. The molecule has 10 nitrogen and oxygen atoms in total. The van der Waals surface area contributed by atoms with Gasteiger partial charge in [0, 0.05) is 36.7 Å². The van der Waals surface area contributed by atoms with E-state index in [4.69, 9.17) is 9.26 Å². The molecule has 2 aromatic heterocycles. The van der Waals surface area contributed by atoms with Gasteiger partial charge in [-0.05, 0) is 69.0 Å². The lowest BCUT2D eigenvalue weighted by Crippen LogP contribution is -2.40. The molecule has 3 amide bonds. The number of anilines is 1. The summed E-state index contributed by atoms with van der Waals surface area (Å²) in [6, 6.07) is 5.36. The number of ether oxygens (including phenoxy) is 1. The van der Waals surface area contributed by atoms with Gasteiger partial charge in [-0.15, -0.1) is 0 Å². The van der Waals surface area contributed by atoms with Gasteiger partial charge in [0.05, 0.1) is 6.20 Å². The molecule has 10 heteroatoms. The normalized spacial score (nSPS) is 25.7. The van der Waals surface area contributed by atoms with Gasteiger partial charge in [-0.25, -0.2) is 9.78 Å². The van der Waals surface area contributed by atoms with Crippen molar-refractivity contribution in [3.63, 3.8) is 0 Å². The van der Waals surface area contributed by atoms with Crippen molar-refractivity contribution >= 4 is 17.8 Å². The van der Waals surface area contributed by atoms with Crippen LogP contribution >= 0.6 is 0 Å². The smallest absolute Gasteiger partial charge is 0.320 e. The fraction of sp³-hybridized carbons (Fsp3) is 0.655. The molecule has 1 atom stereocenters. The summed E-state index contributed by atoms with van der Waals surface area (Å²) in [5.41, 5.74) is 0.370. The van der Waals surface area contributed by atoms with E-state index in [2.05, 4.69) is 37.9 Å². The Labute approximate surface area is 230 Å². The molecule has 2 aliphatic carbocycles. The highest BCUT2D eigenvalue weighted by Crippen LogP contribution is 2.56. The first-order valence-corrected chi connectivity index (χ1v) is 14.3. The maximum atomic E-state index is 12.8. The minimum atomic E-state index is -0.258. The molecule has 1 aliphatic heterocycles. The zero-order chi connectivity index (χ0) is 27.6. The molecular formula is C29H42N6O4. The second-order valence-corrected chi connectivity index (χ2v) is 12.4. The Balaban J connectivity index is 1.03. The maximum absolute atomic E-state index is 12.8. The lowest BCUT2D eigenvalue weighted by atomic mass is 9.82. The van der Waals surface area contributed by atoms with Crippen LogP contribution in [0.5, 0.6) is 5.75 Å². The van der Waals surface area contributed by atoms with Crippen LogP contribution in [-0.2, 0) is 5.41 Å². The van der Waals surface area contributed by atoms with Crippen molar-refractivity contribution in [3.05, 3.63) is 35.9 Å². The Morgan fingerprint density at radius 1 is 1.13 bits per heavy atom. The molecule has 0 aromatic carbocycles. The van der Waals surface area contributed by atoms with E-state index in [1.54, 1.807) is 18.3 Å². The molecular weight excluding hydrogens is 496 g/mol. The van der Waals surface area contributed by atoms with Crippen LogP contribution in [0, 0.1) is 5.41 Å². The van der Waals surface area contributed by atoms with E-state index in [1.165, 1.54) is 0 Å². The molecule has 2 aromatic rings. The van der Waals surface area contributed by atoms with Gasteiger partial charge in [0.1, 0.15) is 23.3 Å². The zero-order valence-corrected chi connectivity index (χ0v) is 23.6. The molecule has 1 spiro atoms. The third-order valence-electron chi connectivity index (χ3n) is 8.56. The molecule has 2 saturated carbocycles. The predicted molar refractivity (Wildman–Crippen MR) is 148 cm³/mol. The first-order chi connectivity index (χ1) is 18.6. The molecule has 0 radical (unpaired) electrons. The number of carbonyl (C=O) groups excluding carboxylic acids is 2. The zero-order valence-electron chi connectivity index (χ0n) is 23.6. The number of hydrogen-bond donors (Lipinski definition) is 3. The summed E-state index contributed by atoms with van der Waals surface area (Å²) in [5, 5.41) is 13.0. The van der Waals surface area contributed by atoms with Crippen molar-refractivity contribution in [3.8, 4) is 5.75 Å². The molecule has 39 heavy (non-hydrogen) atoms. The number of hydrogen-bond acceptors (Lipinski definition) is 7. The lowest BCUT2D eigenvalue weighted by Gasteiger charge is -2.31. The van der Waals surface area contributed by atoms with E-state index in [-0.39, 0.29) is 41.0 Å². The van der Waals surface area contributed by atoms with Gasteiger partial charge in [0.25, 0.3) is 5.91 Å². The molecule has 3 heterocycles. The number of nitrogens with zero attached hydrogens (tertiary/aromatic N) is 3. The minimum absolute atomic E-state index is 0.116. The van der Waals surface area contributed by atoms with Crippen molar-refractivity contribution in [2.45, 2.75) is 96.2 Å². The Bertz CT molecular complexity index is 1140. The van der Waals surface area contributed by atoms with E-state index in [0.29, 0.717) is 11.5 Å². The maximum Gasteiger partial charge on any atom is 0.320 e. The highest BCUT2D eigenvalue weighted by atomic mass is 16.5. The van der Waals surface area contributed by atoms with E-state index < -0.39 is 0 Å². The quantitative estimate of drug-likeness (QED) is 0.475. The van der Waals surface area contributed by atoms with Crippen molar-refractivity contribution in [1.82, 2.24) is 25.7 Å². The van der Waals surface area contributed by atoms with Crippen molar-refractivity contribution in [2.24, 2.45) is 5.41 Å². The van der Waals surface area contributed by atoms with Gasteiger partial charge in [-0.1, -0.05) is 32.9 Å². The molecule has 3 fully saturated rings. The number of likely N-dealkylation sites (tertiary alicyclic amines) is 1. The Hall–Kier alpha value is -3.14. The summed E-state index contributed by atoms with van der Waals surface area (Å²) in [7, 11) is 0. The van der Waals surface area contributed by atoms with Crippen LogP contribution in [0.25, 0.3) is 0 Å². The largest absolute Gasteiger partial charge is 0.489 e. The lowest BCUT2D eigenvalue weighted by molar-refractivity contribution is 0.0912. The molecule has 1 saturated heterocycles. The van der Waals surface area contributed by atoms with Crippen molar-refractivity contribution in [2.75, 3.05) is 25.0 Å². The molecule has 3 N–H and O–H groups in total. The predicted octanol–water partition coefficient (Wildman–Crippen LogP) is 4.48. The van der Waals surface area contributed by atoms with E-state index in [1.807, 2.05) is 26.8 Å². The highest BCUT2D eigenvalue weighted by molar-refractivity contribution is 5.92. The summed E-state index contributed by atoms with van der Waals surface area (Å²) < 4.78 is 11.4. The summed E-state index contributed by atoms with van der Waals surface area (Å²) in [6.45, 7) is 11.5. The fourth-order valence-electron chi connectivity index (χ4n) is 5.82. The summed E-state index contributed by atoms with van der Waals surface area (Å²) >= 11 is 0. The molecule has 3 aliphatic rings. The Morgan fingerprint density at radius 3 is 2.49 bits per heavy atom. The van der Waals surface area contributed by atoms with Gasteiger partial charge in [0.2, 0.25) is 0 Å². The monoisotopic (exact) mass is 538 g/mol. The number of piperidine rings is 1. The van der Waals surface area contributed by atoms with Gasteiger partial charge in [-0.2, -0.15) is 0 Å². The number of pyridine rings is 1. The standard InChI is InChI=1S/C29H42N6O4/c1-5-35-14-10-20(11-15-35)38-21-6-7-22(30-18-21)26(36)31-19-8-12-29(13-9-19)17-23(29)32-27(37)33-25-16-24(39-34-25)28(2,3)4/h6-7,16,18-20,23H,5,8-15,17H2,1-4H3,(H,31,36)(H2,32,33,34,37). The van der Waals surface area contributed by atoms with Crippen molar-refractivity contribution < 1.29 is 18.8 Å². The van der Waals surface area contributed by atoms with Crippen LogP contribution in [0.15, 0.2) is 28.9 Å². The number of nitrogens with one attached hydrogen (secondary N) is 3.